The first-order valence-electron chi connectivity index (χ1n) is 7.84. The summed E-state index contributed by atoms with van der Waals surface area (Å²) in [5, 5.41) is 0. The molecular formula is C16H26N4O. The lowest BCUT2D eigenvalue weighted by molar-refractivity contribution is -0.132. The van der Waals surface area contributed by atoms with Crippen molar-refractivity contribution in [1.29, 1.82) is 0 Å². The number of likely N-dealkylation sites (N-methyl/N-ethyl adjacent to an activating group) is 1. The normalized spacial score (nSPS) is 16.9. The number of piperazine rings is 1. The number of aromatic nitrogens is 1. The monoisotopic (exact) mass is 290 g/mol. The van der Waals surface area contributed by atoms with Crippen LogP contribution in [0.25, 0.3) is 0 Å². The summed E-state index contributed by atoms with van der Waals surface area (Å²) in [5.74, 6) is 0.251. The Labute approximate surface area is 127 Å². The summed E-state index contributed by atoms with van der Waals surface area (Å²) in [5.41, 5.74) is 1.25. The van der Waals surface area contributed by atoms with Gasteiger partial charge in [0.1, 0.15) is 0 Å². The van der Waals surface area contributed by atoms with Crippen LogP contribution in [0.2, 0.25) is 0 Å². The first-order chi connectivity index (χ1) is 10.2. The van der Waals surface area contributed by atoms with Crippen molar-refractivity contribution < 1.29 is 4.79 Å². The first kappa shape index (κ1) is 15.9. The molecule has 1 aliphatic rings. The number of carbonyl (C=O) groups is 1. The second-order valence-electron chi connectivity index (χ2n) is 5.48. The third kappa shape index (κ3) is 4.79. The van der Waals surface area contributed by atoms with Crippen molar-refractivity contribution in [1.82, 2.24) is 19.7 Å². The Balaban J connectivity index is 1.74. The molecule has 2 heterocycles. The number of amides is 1. The van der Waals surface area contributed by atoms with E-state index < -0.39 is 0 Å². The Bertz CT molecular complexity index is 425. The molecule has 1 fully saturated rings. The van der Waals surface area contributed by atoms with E-state index in [1.54, 1.807) is 6.20 Å². The lowest BCUT2D eigenvalue weighted by atomic mass is 10.2. The van der Waals surface area contributed by atoms with E-state index in [1.165, 1.54) is 5.56 Å². The molecule has 0 aromatic carbocycles. The molecule has 5 nitrogen and oxygen atoms in total. The predicted octanol–water partition coefficient (Wildman–Crippen LogP) is 1.07. The molecule has 1 saturated heterocycles. The molecule has 1 aliphatic heterocycles. The molecule has 116 valence electrons. The molecule has 21 heavy (non-hydrogen) atoms. The fourth-order valence-corrected chi connectivity index (χ4v) is 2.72. The van der Waals surface area contributed by atoms with E-state index >= 15 is 0 Å². The molecule has 5 heteroatoms. The van der Waals surface area contributed by atoms with Crippen molar-refractivity contribution in [3.8, 4) is 0 Å². The Morgan fingerprint density at radius 1 is 1.19 bits per heavy atom. The van der Waals surface area contributed by atoms with Crippen molar-refractivity contribution in [3.05, 3.63) is 30.1 Å². The van der Waals surface area contributed by atoms with Crippen LogP contribution in [0.4, 0.5) is 0 Å². The van der Waals surface area contributed by atoms with Gasteiger partial charge in [0.25, 0.3) is 0 Å². The lowest BCUT2D eigenvalue weighted by Gasteiger charge is -2.35. The minimum atomic E-state index is 0.251. The van der Waals surface area contributed by atoms with Crippen LogP contribution < -0.4 is 0 Å². The number of hydrogen-bond acceptors (Lipinski definition) is 4. The van der Waals surface area contributed by atoms with E-state index in [0.29, 0.717) is 6.54 Å². The van der Waals surface area contributed by atoms with Gasteiger partial charge in [-0.05, 0) is 25.5 Å². The number of nitrogens with zero attached hydrogens (tertiary/aromatic N) is 4. The maximum atomic E-state index is 12.1. The predicted molar refractivity (Wildman–Crippen MR) is 83.9 cm³/mol. The Morgan fingerprint density at radius 2 is 1.86 bits per heavy atom. The molecule has 1 amide bonds. The minimum absolute atomic E-state index is 0.251. The zero-order valence-electron chi connectivity index (χ0n) is 13.2. The third-order valence-electron chi connectivity index (χ3n) is 4.07. The summed E-state index contributed by atoms with van der Waals surface area (Å²) in [6, 6.07) is 4.09. The topological polar surface area (TPSA) is 39.7 Å². The largest absolute Gasteiger partial charge is 0.342 e. The molecule has 2 rings (SSSR count). The molecule has 0 unspecified atom stereocenters. The fraction of sp³-hybridized carbons (Fsp3) is 0.625. The van der Waals surface area contributed by atoms with Crippen molar-refractivity contribution in [3.63, 3.8) is 0 Å². The van der Waals surface area contributed by atoms with E-state index in [9.17, 15) is 4.79 Å². The maximum Gasteiger partial charge on any atom is 0.236 e. The standard InChI is InChI=1S/C16H26N4O/c1-3-20(4-2)16(21)14-19-10-8-18(9-11-19)13-15-6-5-7-17-12-15/h5-7,12H,3-4,8-11,13-14H2,1-2H3. The Hall–Kier alpha value is -1.46. The van der Waals surface area contributed by atoms with Crippen molar-refractivity contribution >= 4 is 5.91 Å². The summed E-state index contributed by atoms with van der Waals surface area (Å²) in [6.07, 6.45) is 3.73. The quantitative estimate of drug-likeness (QED) is 0.786. The van der Waals surface area contributed by atoms with Gasteiger partial charge in [0.2, 0.25) is 5.91 Å². The van der Waals surface area contributed by atoms with Crippen LogP contribution in [0.15, 0.2) is 24.5 Å². The SMILES string of the molecule is CCN(CC)C(=O)CN1CCN(Cc2cccnc2)CC1. The molecule has 1 aromatic rings. The van der Waals surface area contributed by atoms with Gasteiger partial charge in [0.05, 0.1) is 6.54 Å². The van der Waals surface area contributed by atoms with Gasteiger partial charge in [-0.2, -0.15) is 0 Å². The average molecular weight is 290 g/mol. The molecule has 0 spiro atoms. The summed E-state index contributed by atoms with van der Waals surface area (Å²) < 4.78 is 0. The first-order valence-corrected chi connectivity index (χ1v) is 7.84. The smallest absolute Gasteiger partial charge is 0.236 e. The van der Waals surface area contributed by atoms with Gasteiger partial charge in [-0.15, -0.1) is 0 Å². The fourth-order valence-electron chi connectivity index (χ4n) is 2.72. The van der Waals surface area contributed by atoms with Crippen LogP contribution in [0.1, 0.15) is 19.4 Å². The van der Waals surface area contributed by atoms with Crippen molar-refractivity contribution in [2.24, 2.45) is 0 Å². The highest BCUT2D eigenvalue weighted by Gasteiger charge is 2.20. The molecule has 1 aromatic heterocycles. The number of hydrogen-bond donors (Lipinski definition) is 0. The van der Waals surface area contributed by atoms with Crippen LogP contribution in [0, 0.1) is 0 Å². The highest BCUT2D eigenvalue weighted by molar-refractivity contribution is 5.78. The van der Waals surface area contributed by atoms with Crippen LogP contribution in [-0.4, -0.2) is 71.4 Å². The second-order valence-corrected chi connectivity index (χ2v) is 5.48. The molecule has 0 saturated carbocycles. The highest BCUT2D eigenvalue weighted by atomic mass is 16.2. The summed E-state index contributed by atoms with van der Waals surface area (Å²) >= 11 is 0. The van der Waals surface area contributed by atoms with E-state index in [4.69, 9.17) is 0 Å². The molecule has 0 aliphatic carbocycles. The van der Waals surface area contributed by atoms with Crippen LogP contribution in [0.3, 0.4) is 0 Å². The van der Waals surface area contributed by atoms with Gasteiger partial charge in [-0.3, -0.25) is 19.6 Å². The zero-order chi connectivity index (χ0) is 15.1. The number of rotatable bonds is 6. The second kappa shape index (κ2) is 8.10. The molecule has 0 radical (unpaired) electrons. The highest BCUT2D eigenvalue weighted by Crippen LogP contribution is 2.07. The van der Waals surface area contributed by atoms with Gasteiger partial charge >= 0.3 is 0 Å². The molecule has 0 bridgehead atoms. The van der Waals surface area contributed by atoms with E-state index in [1.807, 2.05) is 31.0 Å². The van der Waals surface area contributed by atoms with E-state index in [0.717, 1.165) is 45.8 Å². The lowest BCUT2D eigenvalue weighted by Crippen LogP contribution is -2.49. The Morgan fingerprint density at radius 3 is 2.43 bits per heavy atom. The van der Waals surface area contributed by atoms with E-state index in [-0.39, 0.29) is 5.91 Å². The summed E-state index contributed by atoms with van der Waals surface area (Å²) in [6.45, 7) is 11.1. The van der Waals surface area contributed by atoms with Gasteiger partial charge in [0, 0.05) is 58.2 Å². The van der Waals surface area contributed by atoms with Gasteiger partial charge < -0.3 is 4.90 Å². The van der Waals surface area contributed by atoms with Gasteiger partial charge in [0.15, 0.2) is 0 Å². The summed E-state index contributed by atoms with van der Waals surface area (Å²) in [4.78, 5) is 22.9. The molecule has 0 N–H and O–H groups in total. The zero-order valence-corrected chi connectivity index (χ0v) is 13.2. The third-order valence-corrected chi connectivity index (χ3v) is 4.07. The average Bonchev–Trinajstić information content (AvgIpc) is 2.51. The van der Waals surface area contributed by atoms with Crippen molar-refractivity contribution in [2.45, 2.75) is 20.4 Å². The summed E-state index contributed by atoms with van der Waals surface area (Å²) in [7, 11) is 0. The van der Waals surface area contributed by atoms with Gasteiger partial charge in [-0.25, -0.2) is 0 Å². The molecule has 0 atom stereocenters. The maximum absolute atomic E-state index is 12.1. The van der Waals surface area contributed by atoms with Crippen molar-refractivity contribution in [2.75, 3.05) is 45.8 Å². The molecular weight excluding hydrogens is 264 g/mol. The number of pyridine rings is 1. The van der Waals surface area contributed by atoms with E-state index in [2.05, 4.69) is 20.9 Å². The number of carbonyl (C=O) groups excluding carboxylic acids is 1. The minimum Gasteiger partial charge on any atom is -0.342 e. The Kier molecular flexibility index (Phi) is 6.14. The van der Waals surface area contributed by atoms with Crippen LogP contribution in [-0.2, 0) is 11.3 Å². The van der Waals surface area contributed by atoms with Crippen LogP contribution >= 0.6 is 0 Å². The van der Waals surface area contributed by atoms with Crippen LogP contribution in [0.5, 0.6) is 0 Å². The van der Waals surface area contributed by atoms with Gasteiger partial charge in [-0.1, -0.05) is 6.07 Å².